The number of nitrogens with zero attached hydrogens (tertiary/aromatic N) is 4. The van der Waals surface area contributed by atoms with E-state index in [1.807, 2.05) is 4.90 Å². The van der Waals surface area contributed by atoms with Crippen LogP contribution in [0.4, 0.5) is 5.69 Å². The van der Waals surface area contributed by atoms with E-state index in [1.165, 1.54) is 15.4 Å². The summed E-state index contributed by atoms with van der Waals surface area (Å²) in [6.45, 7) is 7.21. The Kier molecular flexibility index (Phi) is 9.17. The van der Waals surface area contributed by atoms with Gasteiger partial charge in [0.2, 0.25) is 10.0 Å². The largest absolute Gasteiger partial charge is 0.366 e. The van der Waals surface area contributed by atoms with Gasteiger partial charge in [-0.05, 0) is 38.5 Å². The Bertz CT molecular complexity index is 1210. The standard InChI is InChI=1S/C25H33ClN4O3S/c1-4-5-6-7-8-9-13-23-24(28-14-16-29(17-15-28)34(32,33)20(2)3)19-27-30(25(23)31)22-12-10-11-21(26)18-22/h10-12,18-20H,4-8,14-17H2,1-3H3. The van der Waals surface area contributed by atoms with Crippen molar-refractivity contribution < 1.29 is 8.42 Å². The minimum atomic E-state index is -3.31. The summed E-state index contributed by atoms with van der Waals surface area (Å²) in [7, 11) is -3.31. The number of anilines is 1. The third-order valence-electron chi connectivity index (χ3n) is 5.91. The van der Waals surface area contributed by atoms with Crippen molar-refractivity contribution in [3.63, 3.8) is 0 Å². The first-order valence-electron chi connectivity index (χ1n) is 11.9. The monoisotopic (exact) mass is 504 g/mol. The van der Waals surface area contributed by atoms with Crippen LogP contribution in [0.5, 0.6) is 0 Å². The van der Waals surface area contributed by atoms with Crippen molar-refractivity contribution in [3.8, 4) is 17.5 Å². The third kappa shape index (κ3) is 6.21. The van der Waals surface area contributed by atoms with Gasteiger partial charge in [-0.15, -0.1) is 0 Å². The molecule has 34 heavy (non-hydrogen) atoms. The van der Waals surface area contributed by atoms with Crippen molar-refractivity contribution >= 4 is 27.3 Å². The van der Waals surface area contributed by atoms with Crippen molar-refractivity contribution in [3.05, 3.63) is 51.4 Å². The molecular weight excluding hydrogens is 472 g/mol. The van der Waals surface area contributed by atoms with Crippen LogP contribution in [0.25, 0.3) is 5.69 Å². The summed E-state index contributed by atoms with van der Waals surface area (Å²) in [4.78, 5) is 15.4. The molecule has 184 valence electrons. The second-order valence-electron chi connectivity index (χ2n) is 8.69. The minimum absolute atomic E-state index is 0.307. The lowest BCUT2D eigenvalue weighted by molar-refractivity contribution is 0.380. The zero-order valence-electron chi connectivity index (χ0n) is 20.1. The molecular formula is C25H33ClN4O3S. The van der Waals surface area contributed by atoms with E-state index in [9.17, 15) is 13.2 Å². The molecule has 1 saturated heterocycles. The maximum Gasteiger partial charge on any atom is 0.289 e. The van der Waals surface area contributed by atoms with E-state index in [2.05, 4.69) is 23.9 Å². The fourth-order valence-corrected chi connectivity index (χ4v) is 5.32. The van der Waals surface area contributed by atoms with Crippen LogP contribution in [0.3, 0.4) is 0 Å². The molecule has 3 rings (SSSR count). The molecule has 2 aromatic rings. The maximum atomic E-state index is 13.4. The Labute approximate surface area is 207 Å². The van der Waals surface area contributed by atoms with Gasteiger partial charge in [0, 0.05) is 37.6 Å². The molecule has 1 fully saturated rings. The van der Waals surface area contributed by atoms with Crippen LogP contribution in [-0.2, 0) is 10.0 Å². The van der Waals surface area contributed by atoms with Crippen molar-refractivity contribution in [2.45, 2.75) is 58.1 Å². The molecule has 0 radical (unpaired) electrons. The number of benzene rings is 1. The van der Waals surface area contributed by atoms with E-state index in [0.29, 0.717) is 48.1 Å². The van der Waals surface area contributed by atoms with Crippen molar-refractivity contribution in [2.75, 3.05) is 31.1 Å². The summed E-state index contributed by atoms with van der Waals surface area (Å²) in [6.07, 6.45) is 6.82. The lowest BCUT2D eigenvalue weighted by Gasteiger charge is -2.36. The van der Waals surface area contributed by atoms with Gasteiger partial charge in [0.25, 0.3) is 5.56 Å². The highest BCUT2D eigenvalue weighted by atomic mass is 35.5. The fraction of sp³-hybridized carbons (Fsp3) is 0.520. The third-order valence-corrected chi connectivity index (χ3v) is 8.43. The lowest BCUT2D eigenvalue weighted by Crippen LogP contribution is -2.51. The van der Waals surface area contributed by atoms with Crippen molar-refractivity contribution in [1.82, 2.24) is 14.1 Å². The number of aromatic nitrogens is 2. The number of hydrogen-bond donors (Lipinski definition) is 0. The van der Waals surface area contributed by atoms with Crippen LogP contribution in [-0.4, -0.2) is 53.9 Å². The number of rotatable bonds is 8. The molecule has 9 heteroatoms. The van der Waals surface area contributed by atoms with Gasteiger partial charge in [-0.25, -0.2) is 8.42 Å². The van der Waals surface area contributed by atoms with Gasteiger partial charge in [0.1, 0.15) is 5.56 Å². The summed E-state index contributed by atoms with van der Waals surface area (Å²) >= 11 is 6.12. The van der Waals surface area contributed by atoms with E-state index in [-0.39, 0.29) is 5.56 Å². The first-order chi connectivity index (χ1) is 16.3. The molecule has 0 unspecified atom stereocenters. The predicted octanol–water partition coefficient (Wildman–Crippen LogP) is 4.07. The highest BCUT2D eigenvalue weighted by Crippen LogP contribution is 2.21. The predicted molar refractivity (Wildman–Crippen MR) is 138 cm³/mol. The number of sulfonamides is 1. The van der Waals surface area contributed by atoms with Crippen LogP contribution < -0.4 is 10.5 Å². The van der Waals surface area contributed by atoms with Crippen LogP contribution in [0.2, 0.25) is 5.02 Å². The van der Waals surface area contributed by atoms with Crippen LogP contribution in [0.15, 0.2) is 35.3 Å². The molecule has 1 aliphatic rings. The van der Waals surface area contributed by atoms with Gasteiger partial charge in [-0.2, -0.15) is 14.1 Å². The molecule has 7 nitrogen and oxygen atoms in total. The van der Waals surface area contributed by atoms with Gasteiger partial charge in [0.15, 0.2) is 0 Å². The number of halogens is 1. The zero-order chi connectivity index (χ0) is 24.7. The fourth-order valence-electron chi connectivity index (χ4n) is 3.87. The first kappa shape index (κ1) is 26.3. The Balaban J connectivity index is 1.91. The molecule has 0 bridgehead atoms. The topological polar surface area (TPSA) is 75.5 Å². The normalized spacial score (nSPS) is 14.8. The van der Waals surface area contributed by atoms with Crippen LogP contribution in [0, 0.1) is 11.8 Å². The van der Waals surface area contributed by atoms with Gasteiger partial charge in [-0.3, -0.25) is 4.79 Å². The van der Waals surface area contributed by atoms with E-state index >= 15 is 0 Å². The number of unbranched alkanes of at least 4 members (excludes halogenated alkanes) is 4. The van der Waals surface area contributed by atoms with E-state index in [4.69, 9.17) is 11.6 Å². The molecule has 0 N–H and O–H groups in total. The SMILES string of the molecule is CCCCCCC#Cc1c(N2CCN(S(=O)(=O)C(C)C)CC2)cnn(-c2cccc(Cl)c2)c1=O. The average Bonchev–Trinajstić information content (AvgIpc) is 2.82. The highest BCUT2D eigenvalue weighted by Gasteiger charge is 2.30. The Morgan fingerprint density at radius 2 is 1.85 bits per heavy atom. The van der Waals surface area contributed by atoms with E-state index in [0.717, 1.165) is 25.7 Å². The molecule has 2 heterocycles. The summed E-state index contributed by atoms with van der Waals surface area (Å²) in [6, 6.07) is 6.98. The molecule has 1 aromatic heterocycles. The van der Waals surface area contributed by atoms with Gasteiger partial charge < -0.3 is 4.90 Å². The van der Waals surface area contributed by atoms with Gasteiger partial charge in [-0.1, -0.05) is 55.7 Å². The first-order valence-corrected chi connectivity index (χ1v) is 13.7. The summed E-state index contributed by atoms with van der Waals surface area (Å²) in [5.74, 6) is 6.28. The van der Waals surface area contributed by atoms with Crippen molar-refractivity contribution in [2.24, 2.45) is 0 Å². The molecule has 0 amide bonds. The number of hydrogen-bond acceptors (Lipinski definition) is 5. The van der Waals surface area contributed by atoms with E-state index in [1.54, 1.807) is 44.3 Å². The van der Waals surface area contributed by atoms with Crippen LogP contribution in [0.1, 0.15) is 58.4 Å². The summed E-state index contributed by atoms with van der Waals surface area (Å²) in [5, 5.41) is 4.45. The Morgan fingerprint density at radius 1 is 1.12 bits per heavy atom. The molecule has 0 spiro atoms. The van der Waals surface area contributed by atoms with Crippen molar-refractivity contribution in [1.29, 1.82) is 0 Å². The second-order valence-corrected chi connectivity index (χ2v) is 11.6. The smallest absolute Gasteiger partial charge is 0.289 e. The number of piperazine rings is 1. The van der Waals surface area contributed by atoms with Crippen LogP contribution >= 0.6 is 11.6 Å². The Morgan fingerprint density at radius 3 is 2.50 bits per heavy atom. The second kappa shape index (κ2) is 11.9. The molecule has 1 aromatic carbocycles. The molecule has 0 saturated carbocycles. The van der Waals surface area contributed by atoms with Gasteiger partial charge >= 0.3 is 0 Å². The zero-order valence-corrected chi connectivity index (χ0v) is 21.7. The molecule has 0 atom stereocenters. The quantitative estimate of drug-likeness (QED) is 0.400. The van der Waals surface area contributed by atoms with E-state index < -0.39 is 15.3 Å². The molecule has 0 aliphatic carbocycles. The average molecular weight is 505 g/mol. The lowest BCUT2D eigenvalue weighted by atomic mass is 10.1. The summed E-state index contributed by atoms with van der Waals surface area (Å²) < 4.78 is 27.9. The highest BCUT2D eigenvalue weighted by molar-refractivity contribution is 7.89. The Hall–Kier alpha value is -2.34. The minimum Gasteiger partial charge on any atom is -0.366 e. The maximum absolute atomic E-state index is 13.4. The molecule has 1 aliphatic heterocycles. The van der Waals surface area contributed by atoms with Gasteiger partial charge in [0.05, 0.1) is 22.8 Å². The summed E-state index contributed by atoms with van der Waals surface area (Å²) in [5.41, 5.74) is 1.29.